The van der Waals surface area contributed by atoms with Gasteiger partial charge in [-0.2, -0.15) is 0 Å². The van der Waals surface area contributed by atoms with Gasteiger partial charge < -0.3 is 5.73 Å². The Kier molecular flexibility index (Phi) is 3.69. The van der Waals surface area contributed by atoms with Gasteiger partial charge in [0.25, 0.3) is 0 Å². The Morgan fingerprint density at radius 3 is 2.62 bits per heavy atom. The lowest BCUT2D eigenvalue weighted by Crippen LogP contribution is -2.03. The van der Waals surface area contributed by atoms with Crippen LogP contribution >= 0.6 is 11.8 Å². The van der Waals surface area contributed by atoms with Gasteiger partial charge >= 0.3 is 0 Å². The van der Waals surface area contributed by atoms with E-state index in [1.54, 1.807) is 0 Å². The largest absolute Gasteiger partial charge is 0.383 e. The zero-order valence-corrected chi connectivity index (χ0v) is 10.8. The van der Waals surface area contributed by atoms with Crippen molar-refractivity contribution in [3.63, 3.8) is 0 Å². The van der Waals surface area contributed by atoms with Gasteiger partial charge in [-0.25, -0.2) is 9.97 Å². The molecule has 16 heavy (non-hydrogen) atoms. The number of aromatic nitrogens is 2. The first-order valence-electron chi connectivity index (χ1n) is 5.90. The minimum Gasteiger partial charge on any atom is -0.383 e. The number of hydrogen-bond donors (Lipinski definition) is 1. The number of aryl methyl sites for hydroxylation is 1. The SMILES string of the molecule is Cc1nc(N)c(C)c(SCC2CCCC2)n1. The van der Waals surface area contributed by atoms with Gasteiger partial charge in [-0.1, -0.05) is 12.8 Å². The van der Waals surface area contributed by atoms with Gasteiger partial charge in [0.05, 0.1) is 0 Å². The Balaban J connectivity index is 2.02. The fourth-order valence-electron chi connectivity index (χ4n) is 2.14. The van der Waals surface area contributed by atoms with Gasteiger partial charge in [-0.3, -0.25) is 0 Å². The van der Waals surface area contributed by atoms with Gasteiger partial charge in [-0.15, -0.1) is 11.8 Å². The number of anilines is 1. The van der Waals surface area contributed by atoms with Crippen LogP contribution in [0.2, 0.25) is 0 Å². The molecule has 0 aliphatic heterocycles. The fraction of sp³-hybridized carbons (Fsp3) is 0.667. The second-order valence-electron chi connectivity index (χ2n) is 4.55. The molecule has 0 unspecified atom stereocenters. The van der Waals surface area contributed by atoms with Crippen molar-refractivity contribution in [3.8, 4) is 0 Å². The van der Waals surface area contributed by atoms with Crippen LogP contribution in [0, 0.1) is 19.8 Å². The van der Waals surface area contributed by atoms with Crippen LogP contribution in [-0.4, -0.2) is 15.7 Å². The highest BCUT2D eigenvalue weighted by Crippen LogP contribution is 2.32. The first-order chi connectivity index (χ1) is 7.66. The van der Waals surface area contributed by atoms with Gasteiger partial charge in [0.2, 0.25) is 0 Å². The summed E-state index contributed by atoms with van der Waals surface area (Å²) in [5.74, 6) is 3.45. The molecule has 0 atom stereocenters. The van der Waals surface area contributed by atoms with Crippen LogP contribution in [0.4, 0.5) is 5.82 Å². The van der Waals surface area contributed by atoms with E-state index in [0.29, 0.717) is 5.82 Å². The first-order valence-corrected chi connectivity index (χ1v) is 6.89. The molecule has 1 heterocycles. The lowest BCUT2D eigenvalue weighted by molar-refractivity contribution is 0.622. The molecule has 0 bridgehead atoms. The number of nitrogens with zero attached hydrogens (tertiary/aromatic N) is 2. The molecule has 1 aromatic rings. The number of rotatable bonds is 3. The summed E-state index contributed by atoms with van der Waals surface area (Å²) in [6, 6.07) is 0. The van der Waals surface area contributed by atoms with Crippen molar-refractivity contribution in [2.24, 2.45) is 5.92 Å². The standard InChI is InChI=1S/C12H19N3S/c1-8-11(13)14-9(2)15-12(8)16-7-10-5-3-4-6-10/h10H,3-7H2,1-2H3,(H2,13,14,15). The van der Waals surface area contributed by atoms with Crippen LogP contribution < -0.4 is 5.73 Å². The molecule has 2 rings (SSSR count). The molecule has 1 fully saturated rings. The maximum atomic E-state index is 5.84. The quantitative estimate of drug-likeness (QED) is 0.648. The molecule has 1 aromatic heterocycles. The van der Waals surface area contributed by atoms with Crippen molar-refractivity contribution in [2.45, 2.75) is 44.6 Å². The van der Waals surface area contributed by atoms with E-state index in [4.69, 9.17) is 5.73 Å². The third kappa shape index (κ3) is 2.67. The molecule has 0 spiro atoms. The van der Waals surface area contributed by atoms with Crippen LogP contribution in [0.25, 0.3) is 0 Å². The van der Waals surface area contributed by atoms with E-state index in [0.717, 1.165) is 22.3 Å². The molecule has 0 radical (unpaired) electrons. The van der Waals surface area contributed by atoms with E-state index in [-0.39, 0.29) is 0 Å². The zero-order chi connectivity index (χ0) is 11.5. The molecule has 3 nitrogen and oxygen atoms in total. The average Bonchev–Trinajstić information content (AvgIpc) is 2.74. The van der Waals surface area contributed by atoms with Crippen LogP contribution in [0.3, 0.4) is 0 Å². The second kappa shape index (κ2) is 5.04. The van der Waals surface area contributed by atoms with Crippen LogP contribution in [-0.2, 0) is 0 Å². The Morgan fingerprint density at radius 2 is 1.94 bits per heavy atom. The number of thioether (sulfide) groups is 1. The van der Waals surface area contributed by atoms with Gasteiger partial charge in [-0.05, 0) is 32.6 Å². The molecular weight excluding hydrogens is 218 g/mol. The number of nitrogens with two attached hydrogens (primary N) is 1. The Bertz CT molecular complexity index is 373. The van der Waals surface area contributed by atoms with Crippen LogP contribution in [0.15, 0.2) is 5.03 Å². The van der Waals surface area contributed by atoms with E-state index in [2.05, 4.69) is 9.97 Å². The Labute approximate surface area is 101 Å². The monoisotopic (exact) mass is 237 g/mol. The summed E-state index contributed by atoms with van der Waals surface area (Å²) in [5.41, 5.74) is 6.88. The normalized spacial score (nSPS) is 16.9. The van der Waals surface area contributed by atoms with E-state index in [9.17, 15) is 0 Å². The first kappa shape index (κ1) is 11.7. The van der Waals surface area contributed by atoms with Crippen LogP contribution in [0.5, 0.6) is 0 Å². The molecular formula is C12H19N3S. The van der Waals surface area contributed by atoms with Gasteiger partial charge in [0, 0.05) is 11.3 Å². The minimum atomic E-state index is 0.626. The predicted octanol–water partition coefficient (Wildman–Crippen LogP) is 2.96. The molecule has 1 saturated carbocycles. The van der Waals surface area contributed by atoms with Crippen molar-refractivity contribution >= 4 is 17.6 Å². The van der Waals surface area contributed by atoms with E-state index in [1.807, 2.05) is 25.6 Å². The highest BCUT2D eigenvalue weighted by molar-refractivity contribution is 7.99. The Hall–Kier alpha value is -0.770. The van der Waals surface area contributed by atoms with E-state index < -0.39 is 0 Å². The second-order valence-corrected chi connectivity index (χ2v) is 5.56. The van der Waals surface area contributed by atoms with Crippen molar-refractivity contribution in [1.82, 2.24) is 9.97 Å². The number of hydrogen-bond acceptors (Lipinski definition) is 4. The molecule has 1 aliphatic carbocycles. The third-order valence-corrected chi connectivity index (χ3v) is 4.49. The average molecular weight is 237 g/mol. The fourth-order valence-corrected chi connectivity index (χ4v) is 3.38. The third-order valence-electron chi connectivity index (χ3n) is 3.18. The smallest absolute Gasteiger partial charge is 0.131 e. The summed E-state index contributed by atoms with van der Waals surface area (Å²) in [6.45, 7) is 3.90. The van der Waals surface area contributed by atoms with Gasteiger partial charge in [0.1, 0.15) is 16.7 Å². The summed E-state index contributed by atoms with van der Waals surface area (Å²) >= 11 is 1.84. The molecule has 0 aromatic carbocycles. The van der Waals surface area contributed by atoms with E-state index in [1.165, 1.54) is 31.4 Å². The summed E-state index contributed by atoms with van der Waals surface area (Å²) in [4.78, 5) is 8.63. The molecule has 88 valence electrons. The predicted molar refractivity (Wildman–Crippen MR) is 68.6 cm³/mol. The minimum absolute atomic E-state index is 0.626. The maximum absolute atomic E-state index is 5.84. The van der Waals surface area contributed by atoms with Crippen molar-refractivity contribution < 1.29 is 0 Å². The molecule has 4 heteroatoms. The lowest BCUT2D eigenvalue weighted by atomic mass is 10.1. The summed E-state index contributed by atoms with van der Waals surface area (Å²) in [5, 5.41) is 1.07. The zero-order valence-electron chi connectivity index (χ0n) is 9.99. The molecule has 0 saturated heterocycles. The van der Waals surface area contributed by atoms with Crippen LogP contribution in [0.1, 0.15) is 37.1 Å². The van der Waals surface area contributed by atoms with E-state index >= 15 is 0 Å². The van der Waals surface area contributed by atoms with Crippen molar-refractivity contribution in [1.29, 1.82) is 0 Å². The van der Waals surface area contributed by atoms with Crippen molar-refractivity contribution in [2.75, 3.05) is 11.5 Å². The Morgan fingerprint density at radius 1 is 1.25 bits per heavy atom. The molecule has 0 amide bonds. The molecule has 2 N–H and O–H groups in total. The highest BCUT2D eigenvalue weighted by atomic mass is 32.2. The number of nitrogen functional groups attached to an aromatic ring is 1. The van der Waals surface area contributed by atoms with Crippen molar-refractivity contribution in [3.05, 3.63) is 11.4 Å². The van der Waals surface area contributed by atoms with Gasteiger partial charge in [0.15, 0.2) is 0 Å². The summed E-state index contributed by atoms with van der Waals surface area (Å²) in [7, 11) is 0. The summed E-state index contributed by atoms with van der Waals surface area (Å²) < 4.78 is 0. The molecule has 1 aliphatic rings. The lowest BCUT2D eigenvalue weighted by Gasteiger charge is -2.11. The summed E-state index contributed by atoms with van der Waals surface area (Å²) in [6.07, 6.45) is 5.56. The topological polar surface area (TPSA) is 51.8 Å². The maximum Gasteiger partial charge on any atom is 0.131 e. The highest BCUT2D eigenvalue weighted by Gasteiger charge is 2.16.